The summed E-state index contributed by atoms with van der Waals surface area (Å²) in [7, 11) is 0. The number of aromatic nitrogens is 1. The van der Waals surface area contributed by atoms with E-state index in [1.807, 2.05) is 13.8 Å². The smallest absolute Gasteiger partial charge is 0.357 e. The minimum absolute atomic E-state index is 0.266. The van der Waals surface area contributed by atoms with Crippen LogP contribution in [0, 0.1) is 0 Å². The lowest BCUT2D eigenvalue weighted by Crippen LogP contribution is -2.12. The molecule has 2 aromatic rings. The van der Waals surface area contributed by atoms with Gasteiger partial charge in [0.25, 0.3) is 0 Å². The molecule has 1 aromatic carbocycles. The lowest BCUT2D eigenvalue weighted by Gasteiger charge is -2.17. The Morgan fingerprint density at radius 3 is 2.12 bits per heavy atom. The number of esters is 1. The van der Waals surface area contributed by atoms with Crippen molar-refractivity contribution in [3.63, 3.8) is 0 Å². The molecule has 1 atom stereocenters. The maximum atomic E-state index is 12.5. The number of benzene rings is 1. The summed E-state index contributed by atoms with van der Waals surface area (Å²) in [5.74, 6) is 0.268. The van der Waals surface area contributed by atoms with Crippen molar-refractivity contribution in [2.75, 3.05) is 6.61 Å². The molecule has 0 fully saturated rings. The molecule has 0 amide bonds. The Morgan fingerprint density at radius 1 is 0.844 bits per heavy atom. The van der Waals surface area contributed by atoms with Gasteiger partial charge in [-0.25, -0.2) is 9.78 Å². The monoisotopic (exact) mass is 439 g/mol. The maximum absolute atomic E-state index is 12.5. The molecule has 32 heavy (non-hydrogen) atoms. The van der Waals surface area contributed by atoms with Crippen molar-refractivity contribution < 1.29 is 14.3 Å². The molecule has 0 N–H and O–H groups in total. The van der Waals surface area contributed by atoms with E-state index in [1.165, 1.54) is 56.9 Å². The predicted molar refractivity (Wildman–Crippen MR) is 131 cm³/mol. The first-order valence-corrected chi connectivity index (χ1v) is 12.6. The van der Waals surface area contributed by atoms with Gasteiger partial charge < -0.3 is 9.47 Å². The van der Waals surface area contributed by atoms with E-state index in [0.717, 1.165) is 24.8 Å². The standard InChI is InChI=1S/C28H41NO3/c1-4-7-8-9-10-11-12-13-14-23-15-17-24(18-16-23)27(6-3)32-28(30)26-20-19-25(22-29-26)31-21-5-2/h15-20,22,27H,4-14,21H2,1-3H3. The molecule has 0 spiro atoms. The Hall–Kier alpha value is -2.36. The molecular weight excluding hydrogens is 398 g/mol. The highest BCUT2D eigenvalue weighted by Crippen LogP contribution is 2.24. The molecule has 2 rings (SSSR count). The van der Waals surface area contributed by atoms with Crippen molar-refractivity contribution in [1.82, 2.24) is 4.98 Å². The second kappa shape index (κ2) is 15.4. The average molecular weight is 440 g/mol. The van der Waals surface area contributed by atoms with Crippen LogP contribution < -0.4 is 4.74 Å². The quantitative estimate of drug-likeness (QED) is 0.197. The summed E-state index contributed by atoms with van der Waals surface area (Å²) in [6.45, 7) is 6.98. The number of pyridine rings is 1. The summed E-state index contributed by atoms with van der Waals surface area (Å²) >= 11 is 0. The van der Waals surface area contributed by atoms with Crippen LogP contribution in [0.3, 0.4) is 0 Å². The number of hydrogen-bond acceptors (Lipinski definition) is 4. The number of hydrogen-bond donors (Lipinski definition) is 0. The minimum Gasteiger partial charge on any atom is -0.492 e. The lowest BCUT2D eigenvalue weighted by atomic mass is 10.0. The van der Waals surface area contributed by atoms with Crippen molar-refractivity contribution in [3.8, 4) is 5.75 Å². The van der Waals surface area contributed by atoms with Crippen LogP contribution in [0.25, 0.3) is 0 Å². The van der Waals surface area contributed by atoms with E-state index in [4.69, 9.17) is 9.47 Å². The third-order valence-electron chi connectivity index (χ3n) is 5.71. The molecule has 1 unspecified atom stereocenters. The van der Waals surface area contributed by atoms with Crippen LogP contribution >= 0.6 is 0 Å². The zero-order valence-electron chi connectivity index (χ0n) is 20.3. The number of unbranched alkanes of at least 4 members (excludes halogenated alkanes) is 7. The molecule has 1 aromatic heterocycles. The predicted octanol–water partition coefficient (Wildman–Crippen LogP) is 7.86. The van der Waals surface area contributed by atoms with Gasteiger partial charge in [-0.3, -0.25) is 0 Å². The molecule has 0 aliphatic rings. The van der Waals surface area contributed by atoms with Gasteiger partial charge in [-0.15, -0.1) is 0 Å². The van der Waals surface area contributed by atoms with Crippen LogP contribution in [0.2, 0.25) is 0 Å². The van der Waals surface area contributed by atoms with Gasteiger partial charge in [0.1, 0.15) is 17.5 Å². The van der Waals surface area contributed by atoms with E-state index in [1.54, 1.807) is 18.3 Å². The first-order valence-electron chi connectivity index (χ1n) is 12.6. The SMILES string of the molecule is CCCCCCCCCCc1ccc(C(CC)OC(=O)c2ccc(OCCC)cn2)cc1. The number of aryl methyl sites for hydroxylation is 1. The first-order chi connectivity index (χ1) is 15.7. The average Bonchev–Trinajstić information content (AvgIpc) is 2.83. The summed E-state index contributed by atoms with van der Waals surface area (Å²) in [4.78, 5) is 16.7. The summed E-state index contributed by atoms with van der Waals surface area (Å²) in [6, 6.07) is 12.0. The van der Waals surface area contributed by atoms with Gasteiger partial charge in [-0.05, 0) is 48.9 Å². The van der Waals surface area contributed by atoms with Crippen molar-refractivity contribution in [3.05, 3.63) is 59.4 Å². The van der Waals surface area contributed by atoms with Crippen LogP contribution in [0.1, 0.15) is 113 Å². The van der Waals surface area contributed by atoms with Crippen LogP contribution in [0.15, 0.2) is 42.6 Å². The van der Waals surface area contributed by atoms with E-state index in [2.05, 4.69) is 36.2 Å². The van der Waals surface area contributed by atoms with Crippen LogP contribution in [-0.2, 0) is 11.2 Å². The van der Waals surface area contributed by atoms with Gasteiger partial charge in [-0.1, -0.05) is 90.0 Å². The molecule has 0 aliphatic heterocycles. The van der Waals surface area contributed by atoms with Crippen LogP contribution in [0.4, 0.5) is 0 Å². The lowest BCUT2D eigenvalue weighted by molar-refractivity contribution is 0.0281. The van der Waals surface area contributed by atoms with E-state index in [0.29, 0.717) is 18.1 Å². The van der Waals surface area contributed by atoms with Gasteiger partial charge >= 0.3 is 5.97 Å². The van der Waals surface area contributed by atoms with Crippen molar-refractivity contribution in [1.29, 1.82) is 0 Å². The van der Waals surface area contributed by atoms with Gasteiger partial charge in [-0.2, -0.15) is 0 Å². The molecule has 0 radical (unpaired) electrons. The number of carbonyl (C=O) groups is 1. The molecule has 4 nitrogen and oxygen atoms in total. The maximum Gasteiger partial charge on any atom is 0.357 e. The summed E-state index contributed by atoms with van der Waals surface area (Å²) < 4.78 is 11.3. The fourth-order valence-corrected chi connectivity index (χ4v) is 3.74. The number of ether oxygens (including phenoxy) is 2. The Kier molecular flexibility index (Phi) is 12.5. The highest BCUT2D eigenvalue weighted by Gasteiger charge is 2.17. The molecule has 4 heteroatoms. The summed E-state index contributed by atoms with van der Waals surface area (Å²) in [5, 5.41) is 0. The van der Waals surface area contributed by atoms with Gasteiger partial charge in [0.15, 0.2) is 0 Å². The Morgan fingerprint density at radius 2 is 1.53 bits per heavy atom. The molecular formula is C28H41NO3. The molecule has 1 heterocycles. The molecule has 0 saturated carbocycles. The van der Waals surface area contributed by atoms with Gasteiger partial charge in [0.05, 0.1) is 12.8 Å². The zero-order chi connectivity index (χ0) is 23.0. The normalized spacial score (nSPS) is 11.8. The third kappa shape index (κ3) is 9.42. The van der Waals surface area contributed by atoms with Crippen molar-refractivity contribution >= 4 is 5.97 Å². The topological polar surface area (TPSA) is 48.4 Å². The first kappa shape index (κ1) is 25.9. The van der Waals surface area contributed by atoms with E-state index >= 15 is 0 Å². The Balaban J connectivity index is 1.78. The van der Waals surface area contributed by atoms with E-state index < -0.39 is 5.97 Å². The second-order valence-electron chi connectivity index (χ2n) is 8.50. The number of nitrogens with zero attached hydrogens (tertiary/aromatic N) is 1. The molecule has 176 valence electrons. The van der Waals surface area contributed by atoms with Crippen LogP contribution in [0.5, 0.6) is 5.75 Å². The van der Waals surface area contributed by atoms with Crippen molar-refractivity contribution in [2.24, 2.45) is 0 Å². The number of rotatable bonds is 16. The number of carbonyl (C=O) groups excluding carboxylic acids is 1. The largest absolute Gasteiger partial charge is 0.492 e. The van der Waals surface area contributed by atoms with E-state index in [-0.39, 0.29) is 6.10 Å². The van der Waals surface area contributed by atoms with Gasteiger partial charge in [0, 0.05) is 0 Å². The zero-order valence-corrected chi connectivity index (χ0v) is 20.3. The fourth-order valence-electron chi connectivity index (χ4n) is 3.74. The molecule has 0 bridgehead atoms. The Labute approximate surface area is 194 Å². The Bertz CT molecular complexity index is 755. The fraction of sp³-hybridized carbons (Fsp3) is 0.571. The minimum atomic E-state index is -0.401. The van der Waals surface area contributed by atoms with Crippen LogP contribution in [-0.4, -0.2) is 17.6 Å². The second-order valence-corrected chi connectivity index (χ2v) is 8.50. The highest BCUT2D eigenvalue weighted by molar-refractivity contribution is 5.87. The van der Waals surface area contributed by atoms with E-state index in [9.17, 15) is 4.79 Å². The van der Waals surface area contributed by atoms with Crippen molar-refractivity contribution in [2.45, 2.75) is 97.5 Å². The highest BCUT2D eigenvalue weighted by atomic mass is 16.5. The third-order valence-corrected chi connectivity index (χ3v) is 5.71. The summed E-state index contributed by atoms with van der Waals surface area (Å²) in [6.07, 6.45) is 14.8. The molecule has 0 saturated heterocycles. The molecule has 0 aliphatic carbocycles. The summed E-state index contributed by atoms with van der Waals surface area (Å²) in [5.41, 5.74) is 2.69. The van der Waals surface area contributed by atoms with Gasteiger partial charge in [0.2, 0.25) is 0 Å².